The smallest absolute Gasteiger partial charge is 0.310 e. The summed E-state index contributed by atoms with van der Waals surface area (Å²) in [6, 6.07) is -0.728. The summed E-state index contributed by atoms with van der Waals surface area (Å²) in [5.41, 5.74) is -2.81. The quantitative estimate of drug-likeness (QED) is 0.498. The molecule has 1 N–H and O–H groups in total. The van der Waals surface area contributed by atoms with Gasteiger partial charge in [0.25, 0.3) is 0 Å². The summed E-state index contributed by atoms with van der Waals surface area (Å²) >= 11 is 0. The van der Waals surface area contributed by atoms with Crippen LogP contribution in [0.4, 0.5) is 26.3 Å². The Hall–Kier alpha value is -0.720. The molecule has 1 saturated carbocycles. The molecule has 2 atom stereocenters. The van der Waals surface area contributed by atoms with E-state index in [1.807, 2.05) is 0 Å². The van der Waals surface area contributed by atoms with Crippen LogP contribution in [0.2, 0.25) is 0 Å². The molecule has 0 aromatic carbocycles. The van der Waals surface area contributed by atoms with Crippen molar-refractivity contribution in [2.45, 2.75) is 24.8 Å². The summed E-state index contributed by atoms with van der Waals surface area (Å²) in [5, 5.41) is 2.61. The van der Waals surface area contributed by atoms with Gasteiger partial charge in [-0.3, -0.25) is 0 Å². The van der Waals surface area contributed by atoms with Crippen molar-refractivity contribution in [3.05, 3.63) is 11.1 Å². The molecular formula is C8H7F6N. The molecule has 86 valence electrons. The van der Waals surface area contributed by atoms with Gasteiger partial charge in [0.15, 0.2) is 0 Å². The van der Waals surface area contributed by atoms with Gasteiger partial charge in [-0.25, -0.2) is 0 Å². The lowest BCUT2D eigenvalue weighted by Crippen LogP contribution is -2.37. The van der Waals surface area contributed by atoms with Gasteiger partial charge in [0.05, 0.1) is 0 Å². The third kappa shape index (κ3) is 1.62. The fourth-order valence-corrected chi connectivity index (χ4v) is 2.20. The van der Waals surface area contributed by atoms with Gasteiger partial charge >= 0.3 is 12.4 Å². The molecule has 0 radical (unpaired) electrons. The molecule has 2 bridgehead atoms. The predicted octanol–water partition coefficient (Wildman–Crippen LogP) is 2.40. The lowest BCUT2D eigenvalue weighted by Gasteiger charge is -2.31. The van der Waals surface area contributed by atoms with E-state index in [9.17, 15) is 26.3 Å². The van der Waals surface area contributed by atoms with Gasteiger partial charge in [0, 0.05) is 12.6 Å². The molecule has 2 heterocycles. The summed E-state index contributed by atoms with van der Waals surface area (Å²) in [5.74, 6) is -0.590. The molecule has 15 heavy (non-hydrogen) atoms. The predicted molar refractivity (Wildman–Crippen MR) is 39.0 cm³/mol. The van der Waals surface area contributed by atoms with E-state index in [1.54, 1.807) is 0 Å². The summed E-state index contributed by atoms with van der Waals surface area (Å²) in [6.07, 6.45) is -10.2. The molecule has 7 heteroatoms. The van der Waals surface area contributed by atoms with Crippen LogP contribution in [0.1, 0.15) is 6.42 Å². The van der Waals surface area contributed by atoms with Crippen molar-refractivity contribution >= 4 is 0 Å². The number of nitrogens with one attached hydrogen (secondary N) is 1. The van der Waals surface area contributed by atoms with Crippen molar-refractivity contribution in [3.63, 3.8) is 0 Å². The topological polar surface area (TPSA) is 12.0 Å². The first-order valence-corrected chi connectivity index (χ1v) is 4.33. The van der Waals surface area contributed by atoms with E-state index in [1.165, 1.54) is 0 Å². The van der Waals surface area contributed by atoms with E-state index in [-0.39, 0.29) is 6.54 Å². The Balaban J connectivity index is 2.44. The maximum atomic E-state index is 12.3. The molecule has 1 nitrogen and oxygen atoms in total. The van der Waals surface area contributed by atoms with Crippen molar-refractivity contribution in [3.8, 4) is 0 Å². The van der Waals surface area contributed by atoms with Crippen LogP contribution in [0.3, 0.4) is 0 Å². The molecule has 3 aliphatic rings. The average molecular weight is 231 g/mol. The number of allylic oxidation sites excluding steroid dienone is 1. The minimum atomic E-state index is -5.31. The number of rotatable bonds is 0. The largest absolute Gasteiger partial charge is 0.421 e. The van der Waals surface area contributed by atoms with E-state index in [0.717, 1.165) is 0 Å². The van der Waals surface area contributed by atoms with Crippen molar-refractivity contribution in [2.75, 3.05) is 6.54 Å². The summed E-state index contributed by atoms with van der Waals surface area (Å²) in [6.45, 7) is 0.218. The first-order valence-electron chi connectivity index (χ1n) is 4.33. The van der Waals surface area contributed by atoms with Crippen molar-refractivity contribution in [1.82, 2.24) is 5.32 Å². The van der Waals surface area contributed by atoms with Gasteiger partial charge in [-0.15, -0.1) is 0 Å². The molecule has 0 amide bonds. The second kappa shape index (κ2) is 2.90. The molecule has 1 aliphatic carbocycles. The highest BCUT2D eigenvalue weighted by molar-refractivity contribution is 5.39. The van der Waals surface area contributed by atoms with Gasteiger partial charge < -0.3 is 5.32 Å². The third-order valence-electron chi connectivity index (χ3n) is 2.80. The van der Waals surface area contributed by atoms with Crippen LogP contribution in [0.15, 0.2) is 11.1 Å². The molecule has 3 fully saturated rings. The normalized spacial score (nSPS) is 30.4. The Morgan fingerprint density at radius 2 is 1.60 bits per heavy atom. The Morgan fingerprint density at radius 1 is 1.07 bits per heavy atom. The van der Waals surface area contributed by atoms with E-state index in [4.69, 9.17) is 0 Å². The SMILES string of the molecule is FC(F)(F)C(=C1C2CNC1C2)C(F)(F)F. The van der Waals surface area contributed by atoms with Crippen LogP contribution in [0, 0.1) is 5.92 Å². The molecular weight excluding hydrogens is 224 g/mol. The summed E-state index contributed by atoms with van der Waals surface area (Å²) in [4.78, 5) is 0. The van der Waals surface area contributed by atoms with Crippen LogP contribution in [-0.4, -0.2) is 24.9 Å². The van der Waals surface area contributed by atoms with Gasteiger partial charge in [0.2, 0.25) is 0 Å². The maximum absolute atomic E-state index is 12.3. The Labute approximate surface area is 81.1 Å². The lowest BCUT2D eigenvalue weighted by molar-refractivity contribution is -0.174. The monoisotopic (exact) mass is 231 g/mol. The van der Waals surface area contributed by atoms with E-state index >= 15 is 0 Å². The minimum absolute atomic E-state index is 0.218. The average Bonchev–Trinajstić information content (AvgIpc) is 2.53. The fraction of sp³-hybridized carbons (Fsp3) is 0.750. The minimum Gasteiger partial charge on any atom is -0.310 e. The number of alkyl halides is 6. The number of halogens is 6. The highest BCUT2D eigenvalue weighted by Crippen LogP contribution is 2.50. The molecule has 0 aromatic rings. The Kier molecular flexibility index (Phi) is 2.09. The zero-order valence-electron chi connectivity index (χ0n) is 7.34. The van der Waals surface area contributed by atoms with E-state index in [2.05, 4.69) is 5.32 Å². The van der Waals surface area contributed by atoms with Crippen LogP contribution >= 0.6 is 0 Å². The molecule has 2 unspecified atom stereocenters. The highest BCUT2D eigenvalue weighted by atomic mass is 19.4. The first kappa shape index (κ1) is 10.8. The van der Waals surface area contributed by atoms with Crippen LogP contribution in [-0.2, 0) is 0 Å². The molecule has 2 aliphatic heterocycles. The van der Waals surface area contributed by atoms with Crippen molar-refractivity contribution in [2.24, 2.45) is 5.92 Å². The number of fused-ring (bicyclic) bond motifs is 1. The molecule has 3 rings (SSSR count). The third-order valence-corrected chi connectivity index (χ3v) is 2.80. The van der Waals surface area contributed by atoms with E-state index < -0.39 is 35.5 Å². The Bertz CT molecular complexity index is 280. The van der Waals surface area contributed by atoms with Crippen molar-refractivity contribution < 1.29 is 26.3 Å². The van der Waals surface area contributed by atoms with Gasteiger partial charge in [-0.1, -0.05) is 0 Å². The van der Waals surface area contributed by atoms with Crippen molar-refractivity contribution in [1.29, 1.82) is 0 Å². The molecule has 2 saturated heterocycles. The first-order chi connectivity index (χ1) is 6.71. The van der Waals surface area contributed by atoms with Gasteiger partial charge in [-0.05, 0) is 17.9 Å². The molecule has 0 aromatic heterocycles. The lowest BCUT2D eigenvalue weighted by atomic mass is 9.76. The highest BCUT2D eigenvalue weighted by Gasteiger charge is 2.58. The zero-order valence-corrected chi connectivity index (χ0v) is 7.34. The number of hydrogen-bond donors (Lipinski definition) is 1. The van der Waals surface area contributed by atoms with E-state index in [0.29, 0.717) is 6.42 Å². The van der Waals surface area contributed by atoms with Crippen LogP contribution < -0.4 is 5.32 Å². The summed E-state index contributed by atoms with van der Waals surface area (Å²) in [7, 11) is 0. The number of hydrogen-bond acceptors (Lipinski definition) is 1. The Morgan fingerprint density at radius 3 is 1.87 bits per heavy atom. The summed E-state index contributed by atoms with van der Waals surface area (Å²) < 4.78 is 73.5. The van der Waals surface area contributed by atoms with Crippen LogP contribution in [0.5, 0.6) is 0 Å². The fourth-order valence-electron chi connectivity index (χ4n) is 2.20. The standard InChI is InChI=1S/C8H7F6N/c9-7(10,11)6(8(12,13)14)5-3-1-4(5)15-2-3/h3-4,15H,1-2H2. The van der Waals surface area contributed by atoms with Crippen LogP contribution in [0.25, 0.3) is 0 Å². The maximum Gasteiger partial charge on any atom is 0.421 e. The second-order valence-electron chi connectivity index (χ2n) is 3.72. The van der Waals surface area contributed by atoms with Gasteiger partial charge in [0.1, 0.15) is 5.57 Å². The second-order valence-corrected chi connectivity index (χ2v) is 3.72. The van der Waals surface area contributed by atoms with Gasteiger partial charge in [-0.2, -0.15) is 26.3 Å². The molecule has 0 spiro atoms. The zero-order chi connectivity index (χ0) is 11.4.